The molecule has 1 heterocycles. The molecule has 1 nitrogen and oxygen atoms in total. The van der Waals surface area contributed by atoms with Gasteiger partial charge in [0.2, 0.25) is 0 Å². The Balaban J connectivity index is 1.68. The Morgan fingerprint density at radius 1 is 1.00 bits per heavy atom. The quantitative estimate of drug-likeness (QED) is 0.645. The maximum absolute atomic E-state index is 3.78. The van der Waals surface area contributed by atoms with E-state index in [0.717, 1.165) is 30.3 Å². The van der Waals surface area contributed by atoms with Gasteiger partial charge in [0.05, 0.1) is 0 Å². The fourth-order valence-electron chi connectivity index (χ4n) is 6.47. The molecular weight excluding hydrogens is 230 g/mol. The zero-order valence-electron chi connectivity index (χ0n) is 12.6. The fourth-order valence-corrected chi connectivity index (χ4v) is 6.47. The molecule has 3 fully saturated rings. The normalized spacial score (nSPS) is 56.3. The first-order valence-electron chi connectivity index (χ1n) is 8.55. The lowest BCUT2D eigenvalue weighted by Gasteiger charge is -2.58. The molecule has 1 unspecified atom stereocenters. The molecule has 1 aliphatic heterocycles. The summed E-state index contributed by atoms with van der Waals surface area (Å²) in [5.74, 6) is 3.01. The topological polar surface area (TPSA) is 12.0 Å². The van der Waals surface area contributed by atoms with E-state index in [9.17, 15) is 0 Å². The van der Waals surface area contributed by atoms with E-state index < -0.39 is 0 Å². The second kappa shape index (κ2) is 4.10. The maximum Gasteiger partial charge on any atom is 0.0161 e. The Hall–Kier alpha value is -0.300. The van der Waals surface area contributed by atoms with Crippen LogP contribution in [0.5, 0.6) is 0 Å². The summed E-state index contributed by atoms with van der Waals surface area (Å²) < 4.78 is 0. The molecule has 6 atom stereocenters. The van der Waals surface area contributed by atoms with Crippen LogP contribution >= 0.6 is 0 Å². The SMILES string of the molecule is C[C@@]12CCC[C@H]1[C@@H]1CCC3NCC=C[C@]3(C)[C@@H]1CC2. The summed E-state index contributed by atoms with van der Waals surface area (Å²) in [6.45, 7) is 6.25. The van der Waals surface area contributed by atoms with Crippen molar-refractivity contribution in [1.29, 1.82) is 0 Å². The molecule has 0 aromatic carbocycles. The zero-order chi connectivity index (χ0) is 13.1. The first-order chi connectivity index (χ1) is 9.13. The Morgan fingerprint density at radius 3 is 2.79 bits per heavy atom. The van der Waals surface area contributed by atoms with E-state index in [-0.39, 0.29) is 0 Å². The highest BCUT2D eigenvalue weighted by Gasteiger charge is 2.56. The van der Waals surface area contributed by atoms with Crippen LogP contribution in [-0.4, -0.2) is 12.6 Å². The van der Waals surface area contributed by atoms with E-state index in [1.165, 1.54) is 44.9 Å². The summed E-state index contributed by atoms with van der Waals surface area (Å²) in [4.78, 5) is 0. The molecule has 4 aliphatic rings. The van der Waals surface area contributed by atoms with Gasteiger partial charge in [-0.05, 0) is 61.7 Å². The molecule has 0 aromatic heterocycles. The van der Waals surface area contributed by atoms with E-state index in [4.69, 9.17) is 0 Å². The van der Waals surface area contributed by atoms with E-state index in [0.29, 0.717) is 10.8 Å². The molecule has 0 radical (unpaired) electrons. The highest BCUT2D eigenvalue weighted by molar-refractivity contribution is 5.17. The molecule has 1 heteroatoms. The van der Waals surface area contributed by atoms with Crippen LogP contribution < -0.4 is 5.32 Å². The molecule has 3 saturated carbocycles. The molecule has 0 amide bonds. The van der Waals surface area contributed by atoms with Crippen LogP contribution in [0.15, 0.2) is 12.2 Å². The molecular formula is C18H29N. The average Bonchev–Trinajstić information content (AvgIpc) is 2.79. The molecule has 0 spiro atoms. The third-order valence-electron chi connectivity index (χ3n) is 7.52. The Labute approximate surface area is 118 Å². The van der Waals surface area contributed by atoms with Crippen molar-refractivity contribution in [2.75, 3.05) is 6.54 Å². The van der Waals surface area contributed by atoms with Crippen LogP contribution in [0, 0.1) is 28.6 Å². The predicted molar refractivity (Wildman–Crippen MR) is 79.9 cm³/mol. The largest absolute Gasteiger partial charge is 0.310 e. The average molecular weight is 259 g/mol. The lowest BCUT2D eigenvalue weighted by atomic mass is 9.49. The lowest BCUT2D eigenvalue weighted by Crippen LogP contribution is -2.57. The van der Waals surface area contributed by atoms with Gasteiger partial charge < -0.3 is 5.32 Å². The van der Waals surface area contributed by atoms with Crippen molar-refractivity contribution >= 4 is 0 Å². The number of nitrogens with one attached hydrogen (secondary N) is 1. The van der Waals surface area contributed by atoms with Crippen molar-refractivity contribution in [2.45, 2.75) is 64.8 Å². The van der Waals surface area contributed by atoms with Gasteiger partial charge in [-0.3, -0.25) is 0 Å². The van der Waals surface area contributed by atoms with Crippen molar-refractivity contribution in [3.05, 3.63) is 12.2 Å². The monoisotopic (exact) mass is 259 g/mol. The van der Waals surface area contributed by atoms with Crippen molar-refractivity contribution in [1.82, 2.24) is 5.32 Å². The van der Waals surface area contributed by atoms with Crippen LogP contribution in [0.25, 0.3) is 0 Å². The van der Waals surface area contributed by atoms with Gasteiger partial charge in [-0.25, -0.2) is 0 Å². The highest BCUT2D eigenvalue weighted by atomic mass is 14.9. The highest BCUT2D eigenvalue weighted by Crippen LogP contribution is 2.63. The first-order valence-corrected chi connectivity index (χ1v) is 8.55. The summed E-state index contributed by atoms with van der Waals surface area (Å²) in [5.41, 5.74) is 1.15. The van der Waals surface area contributed by atoms with Gasteiger partial charge in [0.15, 0.2) is 0 Å². The minimum atomic E-state index is 0.449. The van der Waals surface area contributed by atoms with Gasteiger partial charge in [-0.15, -0.1) is 0 Å². The van der Waals surface area contributed by atoms with Crippen molar-refractivity contribution < 1.29 is 0 Å². The predicted octanol–water partition coefficient (Wildman–Crippen LogP) is 4.15. The third kappa shape index (κ3) is 1.63. The number of hydrogen-bond donors (Lipinski definition) is 1. The van der Waals surface area contributed by atoms with E-state index in [1.54, 1.807) is 0 Å². The van der Waals surface area contributed by atoms with Crippen molar-refractivity contribution in [3.63, 3.8) is 0 Å². The number of hydrogen-bond acceptors (Lipinski definition) is 1. The van der Waals surface area contributed by atoms with Gasteiger partial charge in [0.1, 0.15) is 0 Å². The van der Waals surface area contributed by atoms with Gasteiger partial charge >= 0.3 is 0 Å². The first kappa shape index (κ1) is 12.4. The summed E-state index contributed by atoms with van der Waals surface area (Å²) in [6.07, 6.45) is 15.4. The summed E-state index contributed by atoms with van der Waals surface area (Å²) in [5, 5.41) is 3.78. The van der Waals surface area contributed by atoms with Crippen molar-refractivity contribution in [3.8, 4) is 0 Å². The molecule has 3 aliphatic carbocycles. The van der Waals surface area contributed by atoms with Crippen LogP contribution in [0.4, 0.5) is 0 Å². The number of fused-ring (bicyclic) bond motifs is 5. The second-order valence-electron chi connectivity index (χ2n) is 8.27. The van der Waals surface area contributed by atoms with Crippen LogP contribution in [0.1, 0.15) is 58.8 Å². The molecule has 0 saturated heterocycles. The molecule has 0 aromatic rings. The van der Waals surface area contributed by atoms with Crippen LogP contribution in [0.2, 0.25) is 0 Å². The molecule has 1 N–H and O–H groups in total. The van der Waals surface area contributed by atoms with Gasteiger partial charge in [-0.2, -0.15) is 0 Å². The molecule has 0 bridgehead atoms. The maximum atomic E-state index is 3.78. The fraction of sp³-hybridized carbons (Fsp3) is 0.889. The number of rotatable bonds is 0. The Morgan fingerprint density at radius 2 is 1.89 bits per heavy atom. The van der Waals surface area contributed by atoms with E-state index in [2.05, 4.69) is 31.3 Å². The summed E-state index contributed by atoms with van der Waals surface area (Å²) >= 11 is 0. The van der Waals surface area contributed by atoms with Crippen LogP contribution in [0.3, 0.4) is 0 Å². The zero-order valence-corrected chi connectivity index (χ0v) is 12.6. The van der Waals surface area contributed by atoms with Gasteiger partial charge in [0, 0.05) is 18.0 Å². The van der Waals surface area contributed by atoms with E-state index >= 15 is 0 Å². The minimum Gasteiger partial charge on any atom is -0.310 e. The Kier molecular flexibility index (Phi) is 2.68. The van der Waals surface area contributed by atoms with Gasteiger partial charge in [0.25, 0.3) is 0 Å². The smallest absolute Gasteiger partial charge is 0.0161 e. The minimum absolute atomic E-state index is 0.449. The standard InChI is InChI=1S/C18H29N/c1-17-9-3-5-14(17)13-6-7-16-18(2,10-4-12-19-16)15(13)8-11-17/h4,10,13-16,19H,3,5-9,11-12H2,1-2H3/t13-,14-,15+,16?,17-,18+/m0/s1. The Bertz CT molecular complexity index is 400. The van der Waals surface area contributed by atoms with Crippen LogP contribution in [-0.2, 0) is 0 Å². The molecule has 106 valence electrons. The molecule has 19 heavy (non-hydrogen) atoms. The van der Waals surface area contributed by atoms with Gasteiger partial charge in [-0.1, -0.05) is 32.4 Å². The molecule has 4 rings (SSSR count). The summed E-state index contributed by atoms with van der Waals surface area (Å²) in [7, 11) is 0. The van der Waals surface area contributed by atoms with Crippen molar-refractivity contribution in [2.24, 2.45) is 28.6 Å². The lowest BCUT2D eigenvalue weighted by molar-refractivity contribution is -0.0529. The third-order valence-corrected chi connectivity index (χ3v) is 7.52. The second-order valence-corrected chi connectivity index (χ2v) is 8.27. The summed E-state index contributed by atoms with van der Waals surface area (Å²) in [6, 6.07) is 0.754. The van der Waals surface area contributed by atoms with E-state index in [1.807, 2.05) is 0 Å².